The number of aromatic amines is 1. The van der Waals surface area contributed by atoms with E-state index in [-0.39, 0.29) is 10.0 Å². The standard InChI is InChI=1S/C8H8N4O3S2/c1-5-10-8(16-11-5)12-17(14,15)7-4-9-3-2-6(7)13/h2-4H,1H3,(H,9,13)(H,10,11,12). The Labute approximate surface area is 101 Å². The van der Waals surface area contributed by atoms with Gasteiger partial charge in [-0.05, 0) is 6.92 Å². The normalized spacial score (nSPS) is 11.4. The van der Waals surface area contributed by atoms with Gasteiger partial charge in [0.05, 0.1) is 0 Å². The Bertz CT molecular complexity index is 689. The molecule has 2 rings (SSSR count). The predicted octanol–water partition coefficient (Wildman–Crippen LogP) is 0.336. The molecule has 0 saturated carbocycles. The largest absolute Gasteiger partial charge is 0.366 e. The van der Waals surface area contributed by atoms with Crippen LogP contribution in [0.1, 0.15) is 5.82 Å². The number of nitrogens with zero attached hydrogens (tertiary/aromatic N) is 2. The van der Waals surface area contributed by atoms with Gasteiger partial charge < -0.3 is 4.98 Å². The molecular formula is C8H8N4O3S2. The zero-order valence-corrected chi connectivity index (χ0v) is 10.3. The highest BCUT2D eigenvalue weighted by Gasteiger charge is 2.19. The van der Waals surface area contributed by atoms with Crippen LogP contribution in [0.4, 0.5) is 5.13 Å². The number of H-pyrrole nitrogens is 1. The highest BCUT2D eigenvalue weighted by atomic mass is 32.2. The summed E-state index contributed by atoms with van der Waals surface area (Å²) in [4.78, 5) is 17.4. The minimum absolute atomic E-state index is 0.130. The van der Waals surface area contributed by atoms with Gasteiger partial charge in [0.15, 0.2) is 4.90 Å². The van der Waals surface area contributed by atoms with Crippen LogP contribution in [-0.4, -0.2) is 22.8 Å². The van der Waals surface area contributed by atoms with Crippen LogP contribution < -0.4 is 10.2 Å². The quantitative estimate of drug-likeness (QED) is 0.838. The molecule has 0 aliphatic rings. The van der Waals surface area contributed by atoms with Crippen LogP contribution in [0.5, 0.6) is 0 Å². The molecule has 0 radical (unpaired) electrons. The Morgan fingerprint density at radius 3 is 2.82 bits per heavy atom. The molecule has 7 nitrogen and oxygen atoms in total. The van der Waals surface area contributed by atoms with Crippen molar-refractivity contribution in [3.05, 3.63) is 34.5 Å². The molecule has 17 heavy (non-hydrogen) atoms. The molecule has 0 aromatic carbocycles. The Hall–Kier alpha value is -1.74. The van der Waals surface area contributed by atoms with Gasteiger partial charge in [-0.2, -0.15) is 4.37 Å². The van der Waals surface area contributed by atoms with Gasteiger partial charge in [-0.1, -0.05) is 0 Å². The molecule has 2 N–H and O–H groups in total. The minimum atomic E-state index is -3.92. The second kappa shape index (κ2) is 4.26. The van der Waals surface area contributed by atoms with E-state index in [4.69, 9.17) is 0 Å². The predicted molar refractivity (Wildman–Crippen MR) is 62.5 cm³/mol. The van der Waals surface area contributed by atoms with Crippen LogP contribution in [0, 0.1) is 6.92 Å². The van der Waals surface area contributed by atoms with E-state index < -0.39 is 15.5 Å². The lowest BCUT2D eigenvalue weighted by atomic mass is 10.5. The van der Waals surface area contributed by atoms with E-state index in [2.05, 4.69) is 19.1 Å². The van der Waals surface area contributed by atoms with Gasteiger partial charge in [0, 0.05) is 30.0 Å². The fraction of sp³-hybridized carbons (Fsp3) is 0.125. The molecule has 90 valence electrons. The second-order valence-electron chi connectivity index (χ2n) is 3.13. The molecule has 0 fully saturated rings. The van der Waals surface area contributed by atoms with Gasteiger partial charge in [0.1, 0.15) is 5.82 Å². The number of aromatic nitrogens is 3. The molecule has 0 spiro atoms. The van der Waals surface area contributed by atoms with Crippen molar-refractivity contribution in [1.29, 1.82) is 0 Å². The number of hydrogen-bond acceptors (Lipinski definition) is 6. The maximum absolute atomic E-state index is 11.8. The summed E-state index contributed by atoms with van der Waals surface area (Å²) >= 11 is 0.913. The van der Waals surface area contributed by atoms with E-state index in [9.17, 15) is 13.2 Å². The highest BCUT2D eigenvalue weighted by Crippen LogP contribution is 2.14. The SMILES string of the molecule is Cc1nsc(NS(=O)(=O)c2c[nH]ccc2=O)n1. The van der Waals surface area contributed by atoms with E-state index in [0.29, 0.717) is 5.82 Å². The smallest absolute Gasteiger partial charge is 0.269 e. The van der Waals surface area contributed by atoms with Crippen LogP contribution in [-0.2, 0) is 10.0 Å². The Kier molecular flexibility index (Phi) is 2.94. The summed E-state index contributed by atoms with van der Waals surface area (Å²) in [6.45, 7) is 1.64. The summed E-state index contributed by atoms with van der Waals surface area (Å²) < 4.78 is 29.7. The number of hydrogen-bond donors (Lipinski definition) is 2. The number of nitrogens with one attached hydrogen (secondary N) is 2. The average Bonchev–Trinajstić information content (AvgIpc) is 2.63. The first-order valence-electron chi connectivity index (χ1n) is 4.49. The van der Waals surface area contributed by atoms with Gasteiger partial charge in [-0.25, -0.2) is 13.4 Å². The summed E-state index contributed by atoms with van der Waals surface area (Å²) in [6.07, 6.45) is 2.48. The fourth-order valence-electron chi connectivity index (χ4n) is 1.12. The maximum Gasteiger partial charge on any atom is 0.269 e. The van der Waals surface area contributed by atoms with E-state index in [1.54, 1.807) is 6.92 Å². The molecule has 0 atom stereocenters. The summed E-state index contributed by atoms with van der Waals surface area (Å²) in [5.41, 5.74) is -0.586. The molecule has 0 amide bonds. The zero-order valence-electron chi connectivity index (χ0n) is 8.67. The van der Waals surface area contributed by atoms with Gasteiger partial charge >= 0.3 is 0 Å². The van der Waals surface area contributed by atoms with Crippen molar-refractivity contribution in [2.75, 3.05) is 4.72 Å². The summed E-state index contributed by atoms with van der Waals surface area (Å²) in [6, 6.07) is 1.14. The molecule has 0 aliphatic heterocycles. The van der Waals surface area contributed by atoms with Gasteiger partial charge in [-0.3, -0.25) is 9.52 Å². The van der Waals surface area contributed by atoms with E-state index >= 15 is 0 Å². The third-order valence-corrected chi connectivity index (χ3v) is 4.04. The molecule has 0 saturated heterocycles. The van der Waals surface area contributed by atoms with Crippen molar-refractivity contribution in [3.63, 3.8) is 0 Å². The van der Waals surface area contributed by atoms with Crippen LogP contribution in [0.25, 0.3) is 0 Å². The van der Waals surface area contributed by atoms with Gasteiger partial charge in [0.2, 0.25) is 10.6 Å². The van der Waals surface area contributed by atoms with Crippen molar-refractivity contribution in [3.8, 4) is 0 Å². The molecular weight excluding hydrogens is 264 g/mol. The number of anilines is 1. The lowest BCUT2D eigenvalue weighted by molar-refractivity contribution is 0.600. The van der Waals surface area contributed by atoms with E-state index in [1.165, 1.54) is 6.20 Å². The van der Waals surface area contributed by atoms with E-state index in [0.717, 1.165) is 23.8 Å². The van der Waals surface area contributed by atoms with Crippen molar-refractivity contribution in [1.82, 2.24) is 14.3 Å². The monoisotopic (exact) mass is 272 g/mol. The Morgan fingerprint density at radius 2 is 2.24 bits per heavy atom. The third-order valence-electron chi connectivity index (χ3n) is 1.83. The summed E-state index contributed by atoms with van der Waals surface area (Å²) in [5, 5.41) is 0.130. The number of sulfonamides is 1. The van der Waals surface area contributed by atoms with Gasteiger partial charge in [0.25, 0.3) is 10.0 Å². The van der Waals surface area contributed by atoms with Gasteiger partial charge in [-0.15, -0.1) is 0 Å². The average molecular weight is 272 g/mol. The molecule has 2 aromatic rings. The maximum atomic E-state index is 11.8. The summed E-state index contributed by atoms with van der Waals surface area (Å²) in [5.74, 6) is 0.467. The topological polar surface area (TPSA) is 105 Å². The molecule has 2 aromatic heterocycles. The summed E-state index contributed by atoms with van der Waals surface area (Å²) in [7, 11) is -3.92. The van der Waals surface area contributed by atoms with Crippen molar-refractivity contribution in [2.24, 2.45) is 0 Å². The van der Waals surface area contributed by atoms with Crippen LogP contribution in [0.2, 0.25) is 0 Å². The minimum Gasteiger partial charge on any atom is -0.366 e. The first-order chi connectivity index (χ1) is 7.99. The Balaban J connectivity index is 2.38. The second-order valence-corrected chi connectivity index (χ2v) is 5.53. The highest BCUT2D eigenvalue weighted by molar-refractivity contribution is 7.92. The molecule has 0 unspecified atom stereocenters. The fourth-order valence-corrected chi connectivity index (χ4v) is 2.97. The first-order valence-corrected chi connectivity index (χ1v) is 6.75. The number of pyridine rings is 1. The lowest BCUT2D eigenvalue weighted by Gasteiger charge is -2.02. The molecule has 0 aliphatic carbocycles. The Morgan fingerprint density at radius 1 is 1.47 bits per heavy atom. The lowest BCUT2D eigenvalue weighted by Crippen LogP contribution is -2.20. The molecule has 2 heterocycles. The van der Waals surface area contributed by atoms with Crippen LogP contribution >= 0.6 is 11.5 Å². The number of rotatable bonds is 3. The van der Waals surface area contributed by atoms with Crippen LogP contribution in [0.15, 0.2) is 28.2 Å². The van der Waals surface area contributed by atoms with Crippen molar-refractivity contribution >= 4 is 26.7 Å². The van der Waals surface area contributed by atoms with E-state index in [1.807, 2.05) is 0 Å². The first kappa shape index (κ1) is 11.7. The zero-order chi connectivity index (χ0) is 12.5. The molecule has 9 heteroatoms. The van der Waals surface area contributed by atoms with Crippen LogP contribution in [0.3, 0.4) is 0 Å². The number of aryl methyl sites for hydroxylation is 1. The third kappa shape index (κ3) is 2.50. The molecule has 0 bridgehead atoms. The van der Waals surface area contributed by atoms with Crippen molar-refractivity contribution < 1.29 is 8.42 Å². The van der Waals surface area contributed by atoms with Crippen molar-refractivity contribution in [2.45, 2.75) is 11.8 Å².